The maximum absolute atomic E-state index is 11.4. The number of aliphatic hydroxyl groups is 1. The molecule has 160 valence electrons. The summed E-state index contributed by atoms with van der Waals surface area (Å²) in [6, 6.07) is 12.3. The lowest BCUT2D eigenvalue weighted by molar-refractivity contribution is 0.137. The SMILES string of the molecule is COCCC1CCC2(CC1)NCC(c1c(C)ccc(-c3ccc(Cl)cc3)c1C)=C2O. The average Bonchev–Trinajstić information content (AvgIpc) is 3.05. The van der Waals surface area contributed by atoms with Gasteiger partial charge < -0.3 is 15.2 Å². The van der Waals surface area contributed by atoms with Crippen LogP contribution in [0.5, 0.6) is 0 Å². The number of ether oxygens (including phenoxy) is 1. The van der Waals surface area contributed by atoms with E-state index in [2.05, 4.69) is 43.4 Å². The summed E-state index contributed by atoms with van der Waals surface area (Å²) in [6.45, 7) is 5.86. The molecule has 0 unspecified atom stereocenters. The molecule has 4 rings (SSSR count). The normalized spacial score (nSPS) is 24.1. The summed E-state index contributed by atoms with van der Waals surface area (Å²) in [5, 5.41) is 15.8. The van der Waals surface area contributed by atoms with Crippen LogP contribution in [0.4, 0.5) is 0 Å². The molecule has 2 N–H and O–H groups in total. The third-order valence-electron chi connectivity index (χ3n) is 7.16. The summed E-state index contributed by atoms with van der Waals surface area (Å²) >= 11 is 6.08. The Balaban J connectivity index is 1.66. The molecule has 2 aliphatic rings. The van der Waals surface area contributed by atoms with Crippen molar-refractivity contribution in [1.82, 2.24) is 5.32 Å². The van der Waals surface area contributed by atoms with Crippen molar-refractivity contribution in [3.05, 3.63) is 63.9 Å². The Kier molecular flexibility index (Phi) is 6.24. The van der Waals surface area contributed by atoms with Gasteiger partial charge in [0.05, 0.1) is 5.54 Å². The highest BCUT2D eigenvalue weighted by Crippen LogP contribution is 2.44. The molecule has 0 atom stereocenters. The molecule has 0 saturated heterocycles. The van der Waals surface area contributed by atoms with Crippen LogP contribution in [0.15, 0.2) is 42.2 Å². The van der Waals surface area contributed by atoms with Gasteiger partial charge in [-0.15, -0.1) is 0 Å². The second-order valence-corrected chi connectivity index (χ2v) is 9.36. The van der Waals surface area contributed by atoms with Crippen molar-refractivity contribution in [3.8, 4) is 11.1 Å². The van der Waals surface area contributed by atoms with Gasteiger partial charge in [0, 0.05) is 30.9 Å². The van der Waals surface area contributed by atoms with Crippen LogP contribution in [0.25, 0.3) is 16.7 Å². The first-order valence-corrected chi connectivity index (χ1v) is 11.4. The average molecular weight is 426 g/mol. The molecule has 1 aliphatic carbocycles. The van der Waals surface area contributed by atoms with Gasteiger partial charge in [-0.3, -0.25) is 0 Å². The number of aliphatic hydroxyl groups excluding tert-OH is 1. The zero-order valence-electron chi connectivity index (χ0n) is 18.2. The van der Waals surface area contributed by atoms with E-state index in [1.54, 1.807) is 7.11 Å². The quantitative estimate of drug-likeness (QED) is 0.577. The molecule has 0 aromatic heterocycles. The standard InChI is InChI=1S/C26H32ClNO2/c1-17-4-9-22(20-5-7-21(27)8-6-20)18(2)24(17)23-16-28-26(25(23)29)13-10-19(11-14-26)12-15-30-3/h4-9,19,28-29H,10-16H2,1-3H3. The maximum atomic E-state index is 11.4. The Hall–Kier alpha value is -1.81. The van der Waals surface area contributed by atoms with E-state index in [9.17, 15) is 5.11 Å². The number of hydrogen-bond acceptors (Lipinski definition) is 3. The van der Waals surface area contributed by atoms with Crippen LogP contribution < -0.4 is 5.32 Å². The summed E-state index contributed by atoms with van der Waals surface area (Å²) in [7, 11) is 1.77. The van der Waals surface area contributed by atoms with Gasteiger partial charge in [-0.1, -0.05) is 35.9 Å². The monoisotopic (exact) mass is 425 g/mol. The van der Waals surface area contributed by atoms with Crippen molar-refractivity contribution in [2.24, 2.45) is 5.92 Å². The Bertz CT molecular complexity index is 940. The van der Waals surface area contributed by atoms with E-state index in [1.165, 1.54) is 22.3 Å². The molecule has 1 spiro atoms. The van der Waals surface area contributed by atoms with Crippen LogP contribution in [0.2, 0.25) is 5.02 Å². The second kappa shape index (κ2) is 8.74. The number of hydrogen-bond donors (Lipinski definition) is 2. The van der Waals surface area contributed by atoms with E-state index < -0.39 is 0 Å². The van der Waals surface area contributed by atoms with Gasteiger partial charge in [0.2, 0.25) is 0 Å². The minimum absolute atomic E-state index is 0.256. The van der Waals surface area contributed by atoms with Crippen molar-refractivity contribution >= 4 is 17.2 Å². The fourth-order valence-corrected chi connectivity index (χ4v) is 5.46. The predicted octanol–water partition coefficient (Wildman–Crippen LogP) is 6.46. The van der Waals surface area contributed by atoms with Gasteiger partial charge in [-0.2, -0.15) is 0 Å². The van der Waals surface area contributed by atoms with E-state index in [0.717, 1.165) is 61.4 Å². The molecule has 0 bridgehead atoms. The first-order valence-electron chi connectivity index (χ1n) is 11.0. The zero-order chi connectivity index (χ0) is 21.3. The molecule has 1 saturated carbocycles. The maximum Gasteiger partial charge on any atom is 0.117 e. The number of halogens is 1. The number of methoxy groups -OCH3 is 1. The molecule has 3 nitrogen and oxygen atoms in total. The van der Waals surface area contributed by atoms with E-state index in [1.807, 2.05) is 12.1 Å². The molecule has 2 aromatic rings. The number of benzene rings is 2. The molecular formula is C26H32ClNO2. The van der Waals surface area contributed by atoms with Crippen LogP contribution >= 0.6 is 11.6 Å². The summed E-state index contributed by atoms with van der Waals surface area (Å²) < 4.78 is 5.26. The lowest BCUT2D eigenvalue weighted by Gasteiger charge is -2.37. The second-order valence-electron chi connectivity index (χ2n) is 8.92. The topological polar surface area (TPSA) is 41.5 Å². The molecule has 4 heteroatoms. The van der Waals surface area contributed by atoms with Crippen molar-refractivity contribution in [1.29, 1.82) is 0 Å². The third kappa shape index (κ3) is 3.91. The smallest absolute Gasteiger partial charge is 0.117 e. The summed E-state index contributed by atoms with van der Waals surface area (Å²) in [6.07, 6.45) is 5.37. The molecule has 1 fully saturated rings. The van der Waals surface area contributed by atoms with Crippen LogP contribution in [-0.2, 0) is 4.74 Å². The van der Waals surface area contributed by atoms with Gasteiger partial charge >= 0.3 is 0 Å². The van der Waals surface area contributed by atoms with E-state index in [0.29, 0.717) is 11.7 Å². The van der Waals surface area contributed by atoms with Gasteiger partial charge in [-0.25, -0.2) is 0 Å². The lowest BCUT2D eigenvalue weighted by atomic mass is 9.74. The van der Waals surface area contributed by atoms with Gasteiger partial charge in [0.25, 0.3) is 0 Å². The van der Waals surface area contributed by atoms with Crippen LogP contribution in [-0.4, -0.2) is 30.9 Å². The van der Waals surface area contributed by atoms with E-state index in [4.69, 9.17) is 16.3 Å². The molecule has 0 amide bonds. The number of aryl methyl sites for hydroxylation is 1. The van der Waals surface area contributed by atoms with Gasteiger partial charge in [0.1, 0.15) is 5.76 Å². The van der Waals surface area contributed by atoms with Crippen LogP contribution in [0, 0.1) is 19.8 Å². The first kappa shape index (κ1) is 21.4. The summed E-state index contributed by atoms with van der Waals surface area (Å²) in [5.41, 5.74) is 6.76. The third-order valence-corrected chi connectivity index (χ3v) is 7.41. The molecule has 30 heavy (non-hydrogen) atoms. The highest BCUT2D eigenvalue weighted by atomic mass is 35.5. The molecule has 1 aliphatic heterocycles. The first-order chi connectivity index (χ1) is 14.4. The number of nitrogens with one attached hydrogen (secondary N) is 1. The summed E-state index contributed by atoms with van der Waals surface area (Å²) in [5.74, 6) is 1.26. The Labute approximate surface area is 185 Å². The molecule has 2 aromatic carbocycles. The van der Waals surface area contributed by atoms with Crippen molar-refractivity contribution in [3.63, 3.8) is 0 Å². The van der Waals surface area contributed by atoms with E-state index in [-0.39, 0.29) is 5.54 Å². The van der Waals surface area contributed by atoms with Gasteiger partial charge in [0.15, 0.2) is 0 Å². The van der Waals surface area contributed by atoms with Crippen molar-refractivity contribution < 1.29 is 9.84 Å². The van der Waals surface area contributed by atoms with Crippen LogP contribution in [0.1, 0.15) is 48.8 Å². The predicted molar refractivity (Wildman–Crippen MR) is 125 cm³/mol. The minimum atomic E-state index is -0.256. The largest absolute Gasteiger partial charge is 0.510 e. The van der Waals surface area contributed by atoms with Gasteiger partial charge in [-0.05, 0) is 91.8 Å². The lowest BCUT2D eigenvalue weighted by Crippen LogP contribution is -2.45. The molecule has 1 heterocycles. The van der Waals surface area contributed by atoms with Crippen molar-refractivity contribution in [2.75, 3.05) is 20.3 Å². The fraction of sp³-hybridized carbons (Fsp3) is 0.462. The van der Waals surface area contributed by atoms with E-state index >= 15 is 0 Å². The Morgan fingerprint density at radius 3 is 2.47 bits per heavy atom. The zero-order valence-corrected chi connectivity index (χ0v) is 19.0. The number of rotatable bonds is 5. The van der Waals surface area contributed by atoms with Crippen molar-refractivity contribution in [2.45, 2.75) is 51.5 Å². The fourth-order valence-electron chi connectivity index (χ4n) is 5.33. The summed E-state index contributed by atoms with van der Waals surface area (Å²) in [4.78, 5) is 0. The molecule has 0 radical (unpaired) electrons. The minimum Gasteiger partial charge on any atom is -0.510 e. The van der Waals surface area contributed by atoms with Crippen LogP contribution in [0.3, 0.4) is 0 Å². The Morgan fingerprint density at radius 2 is 1.80 bits per heavy atom. The molecular weight excluding hydrogens is 394 g/mol. The highest BCUT2D eigenvalue weighted by molar-refractivity contribution is 6.30. The Morgan fingerprint density at radius 1 is 1.10 bits per heavy atom. The highest BCUT2D eigenvalue weighted by Gasteiger charge is 2.44.